The van der Waals surface area contributed by atoms with Crippen molar-refractivity contribution < 1.29 is 13.2 Å². The number of carbonyl (C=O) groups is 1. The number of carbonyl (C=O) groups excluding carboxylic acids is 1. The van der Waals surface area contributed by atoms with Crippen LogP contribution in [-0.4, -0.2) is 31.2 Å². The molecule has 1 saturated heterocycles. The predicted octanol–water partition coefficient (Wildman–Crippen LogP) is 1.60. The number of anilines is 1. The summed E-state index contributed by atoms with van der Waals surface area (Å²) in [6.07, 6.45) is 1.80. The number of sulfonamides is 1. The summed E-state index contributed by atoms with van der Waals surface area (Å²) in [5, 5.41) is 0.0281. The molecule has 1 atom stereocenters. The van der Waals surface area contributed by atoms with E-state index in [1.165, 1.54) is 12.1 Å². The fourth-order valence-electron chi connectivity index (χ4n) is 2.35. The molecule has 0 aromatic heterocycles. The minimum atomic E-state index is -3.96. The van der Waals surface area contributed by atoms with Crippen molar-refractivity contribution in [3.63, 3.8) is 0 Å². The minimum absolute atomic E-state index is 0.00737. The summed E-state index contributed by atoms with van der Waals surface area (Å²) in [6, 6.07) is 1.78. The molecule has 1 fully saturated rings. The number of benzene rings is 1. The van der Waals surface area contributed by atoms with Crippen molar-refractivity contribution in [3.05, 3.63) is 22.2 Å². The molecular weight excluding hydrogens is 337 g/mol. The van der Waals surface area contributed by atoms with Gasteiger partial charge in [-0.15, -0.1) is 0 Å². The van der Waals surface area contributed by atoms with Crippen LogP contribution in [0.25, 0.3) is 0 Å². The lowest BCUT2D eigenvalue weighted by atomic mass is 10.0. The normalized spacial score (nSPS) is 20.4. The van der Waals surface area contributed by atoms with Crippen LogP contribution in [0.2, 0.25) is 10.0 Å². The maximum Gasteiger partial charge on any atom is 0.245 e. The number of nitrogen functional groups attached to an aromatic ring is 1. The highest BCUT2D eigenvalue weighted by Gasteiger charge is 2.37. The predicted molar refractivity (Wildman–Crippen MR) is 81.6 cm³/mol. The van der Waals surface area contributed by atoms with Crippen molar-refractivity contribution in [1.82, 2.24) is 4.31 Å². The van der Waals surface area contributed by atoms with Gasteiger partial charge in [-0.1, -0.05) is 29.6 Å². The molecule has 1 amide bonds. The number of primary amides is 1. The molecule has 1 aliphatic rings. The summed E-state index contributed by atoms with van der Waals surface area (Å²) < 4.78 is 26.5. The van der Waals surface area contributed by atoms with Crippen LogP contribution < -0.4 is 11.5 Å². The minimum Gasteiger partial charge on any atom is -0.396 e. The van der Waals surface area contributed by atoms with Gasteiger partial charge in [-0.05, 0) is 25.0 Å². The molecule has 1 heterocycles. The maximum absolute atomic E-state index is 12.7. The number of amides is 1. The van der Waals surface area contributed by atoms with E-state index in [-0.39, 0.29) is 27.2 Å². The van der Waals surface area contributed by atoms with Crippen LogP contribution in [0.5, 0.6) is 0 Å². The summed E-state index contributed by atoms with van der Waals surface area (Å²) in [5.74, 6) is -0.670. The second-order valence-electron chi connectivity index (χ2n) is 4.80. The fourth-order valence-corrected chi connectivity index (χ4v) is 4.76. The van der Waals surface area contributed by atoms with Crippen LogP contribution in [0.3, 0.4) is 0 Å². The van der Waals surface area contributed by atoms with Gasteiger partial charge in [0.2, 0.25) is 15.9 Å². The second kappa shape index (κ2) is 6.00. The molecule has 21 heavy (non-hydrogen) atoms. The van der Waals surface area contributed by atoms with Crippen molar-refractivity contribution in [1.29, 1.82) is 0 Å². The molecule has 1 unspecified atom stereocenters. The zero-order valence-corrected chi connectivity index (χ0v) is 13.4. The van der Waals surface area contributed by atoms with Crippen LogP contribution in [-0.2, 0) is 14.8 Å². The number of hydrogen-bond acceptors (Lipinski definition) is 4. The Balaban J connectivity index is 2.51. The van der Waals surface area contributed by atoms with Crippen LogP contribution in [0.4, 0.5) is 5.69 Å². The van der Waals surface area contributed by atoms with Crippen molar-refractivity contribution in [2.24, 2.45) is 5.73 Å². The number of nitrogens with zero attached hydrogens (tertiary/aromatic N) is 1. The molecule has 0 saturated carbocycles. The van der Waals surface area contributed by atoms with E-state index in [1.54, 1.807) is 0 Å². The monoisotopic (exact) mass is 351 g/mol. The Morgan fingerprint density at radius 2 is 1.95 bits per heavy atom. The lowest BCUT2D eigenvalue weighted by Gasteiger charge is -2.32. The Morgan fingerprint density at radius 3 is 2.57 bits per heavy atom. The van der Waals surface area contributed by atoms with Crippen molar-refractivity contribution in [2.75, 3.05) is 12.3 Å². The van der Waals surface area contributed by atoms with E-state index in [9.17, 15) is 13.2 Å². The Labute approximate surface area is 133 Å². The van der Waals surface area contributed by atoms with Gasteiger partial charge in [-0.2, -0.15) is 4.31 Å². The van der Waals surface area contributed by atoms with E-state index in [0.717, 1.165) is 10.7 Å². The first kappa shape index (κ1) is 16.4. The molecule has 116 valence electrons. The Morgan fingerprint density at radius 1 is 1.29 bits per heavy atom. The average molecular weight is 352 g/mol. The van der Waals surface area contributed by atoms with Gasteiger partial charge in [0.05, 0.1) is 15.7 Å². The molecule has 0 aliphatic carbocycles. The van der Waals surface area contributed by atoms with E-state index < -0.39 is 22.0 Å². The molecule has 1 aromatic rings. The summed E-state index contributed by atoms with van der Waals surface area (Å²) in [6.45, 7) is 0.217. The SMILES string of the molecule is NC(=O)C1CCCCN1S(=O)(=O)c1ccc(Cl)c(N)c1Cl. The topological polar surface area (TPSA) is 106 Å². The van der Waals surface area contributed by atoms with Gasteiger partial charge in [0.25, 0.3) is 0 Å². The number of halogens is 2. The third-order valence-corrected chi connectivity index (χ3v) is 6.26. The first-order valence-electron chi connectivity index (χ1n) is 6.31. The van der Waals surface area contributed by atoms with Gasteiger partial charge in [-0.3, -0.25) is 4.79 Å². The highest BCUT2D eigenvalue weighted by Crippen LogP contribution is 2.36. The van der Waals surface area contributed by atoms with Gasteiger partial charge < -0.3 is 11.5 Å². The third kappa shape index (κ3) is 2.96. The molecule has 1 aliphatic heterocycles. The Bertz CT molecular complexity index is 679. The largest absolute Gasteiger partial charge is 0.396 e. The van der Waals surface area contributed by atoms with E-state index in [4.69, 9.17) is 34.7 Å². The lowest BCUT2D eigenvalue weighted by Crippen LogP contribution is -2.50. The Kier molecular flexibility index (Phi) is 4.67. The number of hydrogen-bond donors (Lipinski definition) is 2. The molecule has 4 N–H and O–H groups in total. The smallest absolute Gasteiger partial charge is 0.245 e. The Hall–Kier alpha value is -1.02. The maximum atomic E-state index is 12.7. The van der Waals surface area contributed by atoms with Crippen LogP contribution in [0, 0.1) is 0 Å². The molecule has 6 nitrogen and oxygen atoms in total. The number of nitrogens with two attached hydrogens (primary N) is 2. The number of piperidine rings is 1. The van der Waals surface area contributed by atoms with Crippen molar-refractivity contribution in [2.45, 2.75) is 30.2 Å². The summed E-state index contributed by atoms with van der Waals surface area (Å²) in [4.78, 5) is 11.3. The zero-order chi connectivity index (χ0) is 15.8. The van der Waals surface area contributed by atoms with Gasteiger partial charge in [0.15, 0.2) is 0 Å². The second-order valence-corrected chi connectivity index (χ2v) is 7.45. The quantitative estimate of drug-likeness (QED) is 0.806. The van der Waals surface area contributed by atoms with Crippen molar-refractivity contribution >= 4 is 44.8 Å². The fraction of sp³-hybridized carbons (Fsp3) is 0.417. The standard InChI is InChI=1S/C12H15Cl2N3O3S/c13-7-4-5-9(10(14)11(7)15)21(19,20)17-6-2-1-3-8(17)12(16)18/h4-5,8H,1-3,6,15H2,(H2,16,18). The molecule has 1 aromatic carbocycles. The summed E-state index contributed by atoms with van der Waals surface area (Å²) in [7, 11) is -3.96. The third-order valence-electron chi connectivity index (χ3n) is 3.46. The molecule has 2 rings (SSSR count). The van der Waals surface area contributed by atoms with E-state index in [2.05, 4.69) is 0 Å². The van der Waals surface area contributed by atoms with Crippen LogP contribution >= 0.6 is 23.2 Å². The lowest BCUT2D eigenvalue weighted by molar-refractivity contribution is -0.122. The summed E-state index contributed by atoms with van der Waals surface area (Å²) in [5.41, 5.74) is 11.0. The average Bonchev–Trinajstić information content (AvgIpc) is 2.44. The first-order chi connectivity index (χ1) is 9.76. The highest BCUT2D eigenvalue weighted by molar-refractivity contribution is 7.89. The van der Waals surface area contributed by atoms with Crippen LogP contribution in [0.15, 0.2) is 17.0 Å². The molecule has 0 spiro atoms. The zero-order valence-electron chi connectivity index (χ0n) is 11.1. The van der Waals surface area contributed by atoms with E-state index in [1.807, 2.05) is 0 Å². The van der Waals surface area contributed by atoms with Gasteiger partial charge in [0, 0.05) is 6.54 Å². The van der Waals surface area contributed by atoms with Gasteiger partial charge >= 0.3 is 0 Å². The molecule has 0 bridgehead atoms. The molecule has 0 radical (unpaired) electrons. The van der Waals surface area contributed by atoms with Crippen LogP contribution in [0.1, 0.15) is 19.3 Å². The number of rotatable bonds is 3. The van der Waals surface area contributed by atoms with Crippen molar-refractivity contribution in [3.8, 4) is 0 Å². The highest BCUT2D eigenvalue weighted by atomic mass is 35.5. The van der Waals surface area contributed by atoms with E-state index >= 15 is 0 Å². The van der Waals surface area contributed by atoms with Gasteiger partial charge in [0.1, 0.15) is 10.9 Å². The first-order valence-corrected chi connectivity index (χ1v) is 8.51. The molecule has 9 heteroatoms. The van der Waals surface area contributed by atoms with Gasteiger partial charge in [-0.25, -0.2) is 8.42 Å². The summed E-state index contributed by atoms with van der Waals surface area (Å²) >= 11 is 11.8. The van der Waals surface area contributed by atoms with E-state index in [0.29, 0.717) is 12.8 Å². The molecular formula is C12H15Cl2N3O3S.